The van der Waals surface area contributed by atoms with Crippen LogP contribution in [0.4, 0.5) is 18.9 Å². The second kappa shape index (κ2) is 6.62. The molecule has 110 valence electrons. The minimum Gasteiger partial charge on any atom is -0.468 e. The molecule has 0 aliphatic carbocycles. The standard InChI is InChI=1S/C13H10F3N3O2/c1-21-12(20)7-19(8-13(14,15)16)11-3-2-9(5-17)10(4-11)6-18/h2-4H,7-8H2,1H3. The molecular formula is C13H10F3N3O2. The fourth-order valence-electron chi connectivity index (χ4n) is 1.59. The Bertz CT molecular complexity index is 615. The number of nitriles is 2. The van der Waals surface area contributed by atoms with Gasteiger partial charge in [0.25, 0.3) is 0 Å². The minimum absolute atomic E-state index is 0.00766. The van der Waals surface area contributed by atoms with Crippen molar-refractivity contribution >= 4 is 11.7 Å². The summed E-state index contributed by atoms with van der Waals surface area (Å²) in [4.78, 5) is 11.9. The summed E-state index contributed by atoms with van der Waals surface area (Å²) in [6.07, 6.45) is -4.53. The number of benzene rings is 1. The Balaban J connectivity index is 3.17. The number of alkyl halides is 3. The number of carbonyl (C=O) groups excluding carboxylic acids is 1. The lowest BCUT2D eigenvalue weighted by Gasteiger charge is -2.25. The van der Waals surface area contributed by atoms with Crippen LogP contribution in [0.15, 0.2) is 18.2 Å². The first-order valence-electron chi connectivity index (χ1n) is 5.63. The van der Waals surface area contributed by atoms with Gasteiger partial charge < -0.3 is 9.64 Å². The SMILES string of the molecule is COC(=O)CN(CC(F)(F)F)c1ccc(C#N)c(C#N)c1. The number of hydrogen-bond donors (Lipinski definition) is 0. The minimum atomic E-state index is -4.53. The molecular weight excluding hydrogens is 287 g/mol. The van der Waals surface area contributed by atoms with Crippen LogP contribution >= 0.6 is 0 Å². The molecule has 0 atom stereocenters. The highest BCUT2D eigenvalue weighted by atomic mass is 19.4. The van der Waals surface area contributed by atoms with Crippen LogP contribution in [0.3, 0.4) is 0 Å². The van der Waals surface area contributed by atoms with Crippen LogP contribution in [0.2, 0.25) is 0 Å². The van der Waals surface area contributed by atoms with Crippen molar-refractivity contribution in [2.24, 2.45) is 0 Å². The molecule has 0 bridgehead atoms. The molecule has 0 aromatic heterocycles. The predicted molar refractivity (Wildman–Crippen MR) is 66.2 cm³/mol. The molecule has 0 saturated heterocycles. The molecule has 0 amide bonds. The van der Waals surface area contributed by atoms with Crippen LogP contribution < -0.4 is 4.90 Å². The average Bonchev–Trinajstić information content (AvgIpc) is 2.44. The first kappa shape index (κ1) is 16.3. The molecule has 0 unspecified atom stereocenters. The number of hydrogen-bond acceptors (Lipinski definition) is 5. The average molecular weight is 297 g/mol. The summed E-state index contributed by atoms with van der Waals surface area (Å²) >= 11 is 0. The van der Waals surface area contributed by atoms with E-state index >= 15 is 0 Å². The monoisotopic (exact) mass is 297 g/mol. The maximum absolute atomic E-state index is 12.6. The van der Waals surface area contributed by atoms with Crippen molar-refractivity contribution in [3.63, 3.8) is 0 Å². The van der Waals surface area contributed by atoms with E-state index in [1.807, 2.05) is 0 Å². The largest absolute Gasteiger partial charge is 0.468 e. The summed E-state index contributed by atoms with van der Waals surface area (Å²) in [7, 11) is 1.06. The van der Waals surface area contributed by atoms with Crippen molar-refractivity contribution in [3.05, 3.63) is 29.3 Å². The third kappa shape index (κ3) is 4.69. The Kier molecular flexibility index (Phi) is 5.14. The van der Waals surface area contributed by atoms with E-state index in [2.05, 4.69) is 4.74 Å². The highest BCUT2D eigenvalue weighted by molar-refractivity contribution is 5.76. The van der Waals surface area contributed by atoms with Gasteiger partial charge in [0, 0.05) is 5.69 Å². The number of ether oxygens (including phenoxy) is 1. The Morgan fingerprint density at radius 2 is 1.90 bits per heavy atom. The molecule has 8 heteroatoms. The van der Waals surface area contributed by atoms with E-state index in [1.165, 1.54) is 12.1 Å². The maximum atomic E-state index is 12.6. The van der Waals surface area contributed by atoms with Crippen molar-refractivity contribution in [2.75, 3.05) is 25.1 Å². The molecule has 1 rings (SSSR count). The van der Waals surface area contributed by atoms with Crippen molar-refractivity contribution in [1.29, 1.82) is 10.5 Å². The molecule has 21 heavy (non-hydrogen) atoms. The summed E-state index contributed by atoms with van der Waals surface area (Å²) < 4.78 is 42.0. The molecule has 0 fully saturated rings. The Hall–Kier alpha value is -2.74. The number of halogens is 3. The first-order chi connectivity index (χ1) is 9.80. The zero-order valence-electron chi connectivity index (χ0n) is 10.9. The summed E-state index contributed by atoms with van der Waals surface area (Å²) in [6, 6.07) is 7.09. The maximum Gasteiger partial charge on any atom is 0.405 e. The van der Waals surface area contributed by atoms with Crippen LogP contribution in [0, 0.1) is 22.7 Å². The molecule has 0 aliphatic heterocycles. The van der Waals surface area contributed by atoms with Gasteiger partial charge in [-0.2, -0.15) is 23.7 Å². The molecule has 5 nitrogen and oxygen atoms in total. The van der Waals surface area contributed by atoms with Crippen LogP contribution in [-0.2, 0) is 9.53 Å². The normalized spacial score (nSPS) is 10.4. The lowest BCUT2D eigenvalue weighted by molar-refractivity contribution is -0.140. The fraction of sp³-hybridized carbons (Fsp3) is 0.308. The summed E-state index contributed by atoms with van der Waals surface area (Å²) in [6.45, 7) is -1.99. The lowest BCUT2D eigenvalue weighted by Crippen LogP contribution is -2.38. The van der Waals surface area contributed by atoms with Gasteiger partial charge in [-0.3, -0.25) is 4.79 Å². The van der Waals surface area contributed by atoms with Crippen molar-refractivity contribution in [1.82, 2.24) is 0 Å². The van der Waals surface area contributed by atoms with Gasteiger partial charge >= 0.3 is 12.1 Å². The van der Waals surface area contributed by atoms with Gasteiger partial charge in [0.05, 0.1) is 18.2 Å². The Morgan fingerprint density at radius 1 is 1.29 bits per heavy atom. The molecule has 0 spiro atoms. The van der Waals surface area contributed by atoms with E-state index < -0.39 is 25.2 Å². The summed E-state index contributed by atoms with van der Waals surface area (Å²) in [5.74, 6) is -0.845. The Morgan fingerprint density at radius 3 is 2.38 bits per heavy atom. The second-order valence-electron chi connectivity index (χ2n) is 4.00. The van der Waals surface area contributed by atoms with Gasteiger partial charge in [0.1, 0.15) is 25.2 Å². The number of methoxy groups -OCH3 is 1. The Labute approximate surface area is 118 Å². The molecule has 0 radical (unpaired) electrons. The molecule has 0 heterocycles. The van der Waals surface area contributed by atoms with Gasteiger partial charge in [-0.1, -0.05) is 0 Å². The predicted octanol–water partition coefficient (Wildman–Crippen LogP) is 1.97. The number of anilines is 1. The van der Waals surface area contributed by atoms with Crippen LogP contribution in [0.5, 0.6) is 0 Å². The number of carbonyl (C=O) groups is 1. The third-order valence-corrected chi connectivity index (χ3v) is 2.53. The quantitative estimate of drug-likeness (QED) is 0.794. The molecule has 1 aromatic carbocycles. The van der Waals surface area contributed by atoms with Crippen LogP contribution in [-0.4, -0.2) is 32.3 Å². The first-order valence-corrected chi connectivity index (χ1v) is 5.63. The highest BCUT2D eigenvalue weighted by Gasteiger charge is 2.32. The van der Waals surface area contributed by atoms with Crippen molar-refractivity contribution in [3.8, 4) is 12.1 Å². The zero-order valence-corrected chi connectivity index (χ0v) is 10.9. The van der Waals surface area contributed by atoms with E-state index in [1.54, 1.807) is 12.1 Å². The van der Waals surface area contributed by atoms with Gasteiger partial charge in [-0.05, 0) is 18.2 Å². The van der Waals surface area contributed by atoms with Crippen LogP contribution in [0.1, 0.15) is 11.1 Å². The fourth-order valence-corrected chi connectivity index (χ4v) is 1.59. The molecule has 0 N–H and O–H groups in total. The van der Waals surface area contributed by atoms with Gasteiger partial charge in [-0.15, -0.1) is 0 Å². The molecule has 0 aliphatic rings. The van der Waals surface area contributed by atoms with E-state index in [-0.39, 0.29) is 16.8 Å². The summed E-state index contributed by atoms with van der Waals surface area (Å²) in [5, 5.41) is 17.7. The van der Waals surface area contributed by atoms with E-state index in [4.69, 9.17) is 10.5 Å². The van der Waals surface area contributed by atoms with Gasteiger partial charge in [0.2, 0.25) is 0 Å². The highest BCUT2D eigenvalue weighted by Crippen LogP contribution is 2.24. The summed E-state index contributed by atoms with van der Waals surface area (Å²) in [5.41, 5.74) is -0.00779. The lowest BCUT2D eigenvalue weighted by atomic mass is 10.1. The van der Waals surface area contributed by atoms with Gasteiger partial charge in [-0.25, -0.2) is 0 Å². The van der Waals surface area contributed by atoms with Crippen molar-refractivity contribution < 1.29 is 22.7 Å². The molecule has 0 saturated carbocycles. The zero-order chi connectivity index (χ0) is 16.0. The molecule has 1 aromatic rings. The van der Waals surface area contributed by atoms with E-state index in [0.29, 0.717) is 0 Å². The smallest absolute Gasteiger partial charge is 0.405 e. The topological polar surface area (TPSA) is 77.1 Å². The number of nitrogens with zero attached hydrogens (tertiary/aromatic N) is 3. The third-order valence-electron chi connectivity index (χ3n) is 2.53. The number of esters is 1. The van der Waals surface area contributed by atoms with E-state index in [9.17, 15) is 18.0 Å². The van der Waals surface area contributed by atoms with Crippen molar-refractivity contribution in [2.45, 2.75) is 6.18 Å². The number of rotatable bonds is 4. The van der Waals surface area contributed by atoms with E-state index in [0.717, 1.165) is 18.1 Å². The second-order valence-corrected chi connectivity index (χ2v) is 4.00. The van der Waals surface area contributed by atoms with Crippen LogP contribution in [0.25, 0.3) is 0 Å². The van der Waals surface area contributed by atoms with Gasteiger partial charge in [0.15, 0.2) is 0 Å².